The summed E-state index contributed by atoms with van der Waals surface area (Å²) in [7, 11) is 0. The van der Waals surface area contributed by atoms with E-state index in [0.717, 1.165) is 27.9 Å². The quantitative estimate of drug-likeness (QED) is 0.719. The van der Waals surface area contributed by atoms with E-state index in [0.29, 0.717) is 19.4 Å². The number of hydrogen-bond acceptors (Lipinski definition) is 2. The predicted molar refractivity (Wildman–Crippen MR) is 116 cm³/mol. The first-order valence-corrected chi connectivity index (χ1v) is 9.89. The van der Waals surface area contributed by atoms with Crippen molar-refractivity contribution in [2.75, 3.05) is 11.4 Å². The summed E-state index contributed by atoms with van der Waals surface area (Å²) < 4.78 is 0. The molecule has 29 heavy (non-hydrogen) atoms. The van der Waals surface area contributed by atoms with Gasteiger partial charge in [0.25, 0.3) is 0 Å². The van der Waals surface area contributed by atoms with Gasteiger partial charge in [0.05, 0.1) is 12.5 Å². The second-order valence-corrected chi connectivity index (χ2v) is 7.55. The number of nitrogens with one attached hydrogen (secondary N) is 1. The standard InChI is InChI=1S/C25H24N2O2/c1-18-7-13-23(14-8-18)27-17-22(16-25(27)29)26-24(28)15-19-9-11-21(12-10-19)20-5-3-2-4-6-20/h2-14,22H,15-17H2,1H3,(H,26,28)/t22-/m0/s1. The van der Waals surface area contributed by atoms with Crippen LogP contribution >= 0.6 is 0 Å². The Labute approximate surface area is 171 Å². The van der Waals surface area contributed by atoms with Gasteiger partial charge < -0.3 is 10.2 Å². The number of amides is 2. The van der Waals surface area contributed by atoms with E-state index in [1.165, 1.54) is 0 Å². The molecule has 1 aliphatic rings. The third-order valence-corrected chi connectivity index (χ3v) is 5.26. The van der Waals surface area contributed by atoms with E-state index in [4.69, 9.17) is 0 Å². The van der Waals surface area contributed by atoms with Crippen LogP contribution in [0.4, 0.5) is 5.69 Å². The van der Waals surface area contributed by atoms with Crippen LogP contribution < -0.4 is 10.2 Å². The monoisotopic (exact) mass is 384 g/mol. The van der Waals surface area contributed by atoms with Crippen molar-refractivity contribution in [3.05, 3.63) is 90.0 Å². The molecule has 1 atom stereocenters. The van der Waals surface area contributed by atoms with Gasteiger partial charge in [-0.25, -0.2) is 0 Å². The molecule has 0 saturated carbocycles. The summed E-state index contributed by atoms with van der Waals surface area (Å²) in [6.07, 6.45) is 0.650. The zero-order valence-electron chi connectivity index (χ0n) is 16.5. The van der Waals surface area contributed by atoms with Crippen molar-refractivity contribution in [2.45, 2.75) is 25.8 Å². The lowest BCUT2D eigenvalue weighted by molar-refractivity contribution is -0.121. The van der Waals surface area contributed by atoms with E-state index in [9.17, 15) is 9.59 Å². The number of aryl methyl sites for hydroxylation is 1. The zero-order valence-corrected chi connectivity index (χ0v) is 16.5. The summed E-state index contributed by atoms with van der Waals surface area (Å²) in [6, 6.07) is 25.9. The Morgan fingerprint density at radius 3 is 2.28 bits per heavy atom. The first-order chi connectivity index (χ1) is 14.1. The molecule has 0 aromatic heterocycles. The van der Waals surface area contributed by atoms with Crippen LogP contribution in [0, 0.1) is 6.92 Å². The second-order valence-electron chi connectivity index (χ2n) is 7.55. The van der Waals surface area contributed by atoms with E-state index in [2.05, 4.69) is 17.4 Å². The molecule has 0 unspecified atom stereocenters. The molecule has 0 radical (unpaired) electrons. The van der Waals surface area contributed by atoms with E-state index in [1.807, 2.05) is 73.7 Å². The molecule has 146 valence electrons. The smallest absolute Gasteiger partial charge is 0.229 e. The van der Waals surface area contributed by atoms with E-state index in [1.54, 1.807) is 4.90 Å². The van der Waals surface area contributed by atoms with Crippen LogP contribution in [0.15, 0.2) is 78.9 Å². The van der Waals surface area contributed by atoms with E-state index in [-0.39, 0.29) is 17.9 Å². The highest BCUT2D eigenvalue weighted by Crippen LogP contribution is 2.22. The van der Waals surface area contributed by atoms with Crippen molar-refractivity contribution >= 4 is 17.5 Å². The van der Waals surface area contributed by atoms with Crippen LogP contribution in [0.2, 0.25) is 0 Å². The van der Waals surface area contributed by atoms with Gasteiger partial charge in [0.1, 0.15) is 0 Å². The fraction of sp³-hybridized carbons (Fsp3) is 0.200. The minimum Gasteiger partial charge on any atom is -0.351 e. The highest BCUT2D eigenvalue weighted by molar-refractivity contribution is 5.97. The lowest BCUT2D eigenvalue weighted by atomic mass is 10.0. The highest BCUT2D eigenvalue weighted by Gasteiger charge is 2.31. The Balaban J connectivity index is 1.34. The first-order valence-electron chi connectivity index (χ1n) is 9.89. The second kappa shape index (κ2) is 8.31. The van der Waals surface area contributed by atoms with Crippen molar-refractivity contribution in [2.24, 2.45) is 0 Å². The van der Waals surface area contributed by atoms with Gasteiger partial charge in [-0.1, -0.05) is 72.3 Å². The van der Waals surface area contributed by atoms with Crippen molar-refractivity contribution in [1.29, 1.82) is 0 Å². The van der Waals surface area contributed by atoms with Crippen molar-refractivity contribution in [1.82, 2.24) is 5.32 Å². The van der Waals surface area contributed by atoms with Gasteiger partial charge in [-0.15, -0.1) is 0 Å². The van der Waals surface area contributed by atoms with Gasteiger partial charge in [-0.05, 0) is 35.7 Å². The van der Waals surface area contributed by atoms with Crippen LogP contribution in [0.3, 0.4) is 0 Å². The maximum atomic E-state index is 12.5. The van der Waals surface area contributed by atoms with Crippen molar-refractivity contribution < 1.29 is 9.59 Å². The fourth-order valence-electron chi connectivity index (χ4n) is 3.69. The minimum atomic E-state index is -0.153. The Morgan fingerprint density at radius 1 is 0.931 bits per heavy atom. The molecular formula is C25H24N2O2. The molecule has 1 heterocycles. The maximum absolute atomic E-state index is 12.5. The molecule has 1 aliphatic heterocycles. The summed E-state index contributed by atoms with van der Waals surface area (Å²) in [6.45, 7) is 2.53. The Bertz CT molecular complexity index is 995. The third kappa shape index (κ3) is 4.54. The zero-order chi connectivity index (χ0) is 20.2. The lowest BCUT2D eigenvalue weighted by Gasteiger charge is -2.17. The van der Waals surface area contributed by atoms with E-state index < -0.39 is 0 Å². The molecule has 1 saturated heterocycles. The van der Waals surface area contributed by atoms with Crippen LogP contribution in [-0.2, 0) is 16.0 Å². The molecule has 0 spiro atoms. The van der Waals surface area contributed by atoms with Crippen molar-refractivity contribution in [3.8, 4) is 11.1 Å². The first kappa shape index (κ1) is 18.9. The summed E-state index contributed by atoms with van der Waals surface area (Å²) >= 11 is 0. The van der Waals surface area contributed by atoms with Gasteiger partial charge in [-0.2, -0.15) is 0 Å². The highest BCUT2D eigenvalue weighted by atomic mass is 16.2. The summed E-state index contributed by atoms with van der Waals surface area (Å²) in [5.41, 5.74) is 5.29. The van der Waals surface area contributed by atoms with Gasteiger partial charge in [0.15, 0.2) is 0 Å². The molecular weight excluding hydrogens is 360 g/mol. The molecule has 1 N–H and O–H groups in total. The minimum absolute atomic E-state index is 0.0476. The van der Waals surface area contributed by atoms with Gasteiger partial charge >= 0.3 is 0 Å². The SMILES string of the molecule is Cc1ccc(N2C[C@@H](NC(=O)Cc3ccc(-c4ccccc4)cc3)CC2=O)cc1. The van der Waals surface area contributed by atoms with Crippen molar-refractivity contribution in [3.63, 3.8) is 0 Å². The number of hydrogen-bond donors (Lipinski definition) is 1. The third-order valence-electron chi connectivity index (χ3n) is 5.26. The van der Waals surface area contributed by atoms with E-state index >= 15 is 0 Å². The number of benzene rings is 3. The largest absolute Gasteiger partial charge is 0.351 e. The molecule has 0 bridgehead atoms. The molecule has 1 fully saturated rings. The topological polar surface area (TPSA) is 49.4 Å². The molecule has 4 nitrogen and oxygen atoms in total. The van der Waals surface area contributed by atoms with Gasteiger partial charge in [0, 0.05) is 18.7 Å². The number of carbonyl (C=O) groups is 2. The number of rotatable bonds is 5. The molecule has 4 rings (SSSR count). The fourth-order valence-corrected chi connectivity index (χ4v) is 3.69. The average molecular weight is 384 g/mol. The van der Waals surface area contributed by atoms with Gasteiger partial charge in [0.2, 0.25) is 11.8 Å². The Hall–Kier alpha value is -3.40. The summed E-state index contributed by atoms with van der Waals surface area (Å²) in [4.78, 5) is 26.6. The van der Waals surface area contributed by atoms with Crippen LogP contribution in [-0.4, -0.2) is 24.4 Å². The van der Waals surface area contributed by atoms with Gasteiger partial charge in [-0.3, -0.25) is 9.59 Å². The van der Waals surface area contributed by atoms with Crippen LogP contribution in [0.25, 0.3) is 11.1 Å². The maximum Gasteiger partial charge on any atom is 0.229 e. The number of anilines is 1. The normalized spacial score (nSPS) is 16.1. The summed E-state index contributed by atoms with van der Waals surface area (Å²) in [5, 5.41) is 3.01. The lowest BCUT2D eigenvalue weighted by Crippen LogP contribution is -2.38. The number of nitrogens with zero attached hydrogens (tertiary/aromatic N) is 1. The Morgan fingerprint density at radius 2 is 1.59 bits per heavy atom. The molecule has 3 aromatic carbocycles. The van der Waals surface area contributed by atoms with Crippen LogP contribution in [0.5, 0.6) is 0 Å². The molecule has 2 amide bonds. The molecule has 4 heteroatoms. The molecule has 3 aromatic rings. The average Bonchev–Trinajstić information content (AvgIpc) is 3.09. The van der Waals surface area contributed by atoms with Crippen LogP contribution in [0.1, 0.15) is 17.5 Å². The predicted octanol–water partition coefficient (Wildman–Crippen LogP) is 4.13. The Kier molecular flexibility index (Phi) is 5.43. The number of carbonyl (C=O) groups excluding carboxylic acids is 2. The molecule has 0 aliphatic carbocycles. The summed E-state index contributed by atoms with van der Waals surface area (Å²) in [5.74, 6) is -0.00705.